The number of nitrogens with two attached hydrogens (primary N) is 1. The van der Waals surface area contributed by atoms with Crippen LogP contribution in [0.5, 0.6) is 0 Å². The third-order valence-electron chi connectivity index (χ3n) is 2.51. The van der Waals surface area contributed by atoms with Crippen LogP contribution in [0, 0.1) is 0 Å². The summed E-state index contributed by atoms with van der Waals surface area (Å²) in [6.45, 7) is 2.60. The number of primary amides is 1. The van der Waals surface area contributed by atoms with Gasteiger partial charge in [-0.2, -0.15) is 0 Å². The van der Waals surface area contributed by atoms with Gasteiger partial charge in [0.15, 0.2) is 0 Å². The molecule has 0 heterocycles. The Kier molecular flexibility index (Phi) is 5.75. The summed E-state index contributed by atoms with van der Waals surface area (Å²) < 4.78 is 0. The van der Waals surface area contributed by atoms with E-state index < -0.39 is 0 Å². The van der Waals surface area contributed by atoms with E-state index in [4.69, 9.17) is 28.9 Å². The first kappa shape index (κ1) is 14.3. The highest BCUT2D eigenvalue weighted by Crippen LogP contribution is 2.27. The molecule has 5 heteroatoms. The van der Waals surface area contributed by atoms with E-state index in [-0.39, 0.29) is 11.9 Å². The van der Waals surface area contributed by atoms with Crippen LogP contribution < -0.4 is 11.1 Å². The zero-order chi connectivity index (χ0) is 12.8. The molecular weight excluding hydrogens is 259 g/mol. The maximum absolute atomic E-state index is 10.7. The summed E-state index contributed by atoms with van der Waals surface area (Å²) >= 11 is 12.0. The van der Waals surface area contributed by atoms with E-state index in [1.165, 1.54) is 0 Å². The van der Waals surface area contributed by atoms with Crippen molar-refractivity contribution in [1.29, 1.82) is 0 Å². The van der Waals surface area contributed by atoms with Crippen LogP contribution in [-0.4, -0.2) is 12.5 Å². The molecule has 1 aromatic rings. The van der Waals surface area contributed by atoms with Crippen molar-refractivity contribution in [3.63, 3.8) is 0 Å². The van der Waals surface area contributed by atoms with Gasteiger partial charge in [0.05, 0.1) is 0 Å². The molecule has 0 aliphatic rings. The molecular formula is C12H16Cl2N2O. The highest BCUT2D eigenvalue weighted by Gasteiger charge is 2.12. The first-order valence-corrected chi connectivity index (χ1v) is 6.26. The number of hydrogen-bond donors (Lipinski definition) is 2. The number of carbonyl (C=O) groups excluding carboxylic acids is 1. The Morgan fingerprint density at radius 1 is 1.47 bits per heavy atom. The van der Waals surface area contributed by atoms with Crippen molar-refractivity contribution in [3.8, 4) is 0 Å². The first-order valence-electron chi connectivity index (χ1n) is 5.51. The zero-order valence-corrected chi connectivity index (χ0v) is 11.2. The molecule has 0 saturated heterocycles. The predicted octanol–water partition coefficient (Wildman–Crippen LogP) is 2.91. The summed E-state index contributed by atoms with van der Waals surface area (Å²) in [4.78, 5) is 10.7. The molecule has 1 rings (SSSR count). The molecule has 0 aliphatic carbocycles. The van der Waals surface area contributed by atoms with E-state index in [1.54, 1.807) is 12.1 Å². The minimum Gasteiger partial charge on any atom is -0.370 e. The van der Waals surface area contributed by atoms with Crippen LogP contribution in [0.1, 0.15) is 31.4 Å². The van der Waals surface area contributed by atoms with Crippen LogP contribution in [0.15, 0.2) is 18.2 Å². The van der Waals surface area contributed by atoms with Crippen molar-refractivity contribution in [2.75, 3.05) is 6.54 Å². The van der Waals surface area contributed by atoms with Gasteiger partial charge in [0.25, 0.3) is 0 Å². The second kappa shape index (κ2) is 6.84. The SMILES string of the molecule is CCC(NCCC(N)=O)c1ccc(Cl)cc1Cl. The molecule has 1 aromatic carbocycles. The Bertz CT molecular complexity index is 396. The average molecular weight is 275 g/mol. The quantitative estimate of drug-likeness (QED) is 0.838. The van der Waals surface area contributed by atoms with Gasteiger partial charge in [0.1, 0.15) is 0 Å². The first-order chi connectivity index (χ1) is 8.04. The number of amides is 1. The van der Waals surface area contributed by atoms with Crippen LogP contribution in [0.2, 0.25) is 10.0 Å². The van der Waals surface area contributed by atoms with Gasteiger partial charge in [-0.05, 0) is 24.1 Å². The predicted molar refractivity (Wildman–Crippen MR) is 71.3 cm³/mol. The monoisotopic (exact) mass is 274 g/mol. The number of halogens is 2. The Hall–Kier alpha value is -0.770. The van der Waals surface area contributed by atoms with Crippen molar-refractivity contribution >= 4 is 29.1 Å². The van der Waals surface area contributed by atoms with E-state index in [1.807, 2.05) is 13.0 Å². The molecule has 1 amide bonds. The molecule has 3 N–H and O–H groups in total. The van der Waals surface area contributed by atoms with Gasteiger partial charge in [0.2, 0.25) is 5.91 Å². The minimum atomic E-state index is -0.311. The molecule has 1 unspecified atom stereocenters. The van der Waals surface area contributed by atoms with Gasteiger partial charge >= 0.3 is 0 Å². The average Bonchev–Trinajstić information content (AvgIpc) is 2.25. The fourth-order valence-corrected chi connectivity index (χ4v) is 2.17. The molecule has 0 aromatic heterocycles. The highest BCUT2D eigenvalue weighted by atomic mass is 35.5. The summed E-state index contributed by atoms with van der Waals surface area (Å²) in [5.74, 6) is -0.311. The lowest BCUT2D eigenvalue weighted by Gasteiger charge is -2.18. The topological polar surface area (TPSA) is 55.1 Å². The highest BCUT2D eigenvalue weighted by molar-refractivity contribution is 6.35. The van der Waals surface area contributed by atoms with Crippen LogP contribution in [-0.2, 0) is 4.79 Å². The molecule has 94 valence electrons. The standard InChI is InChI=1S/C12H16Cl2N2O/c1-2-11(16-6-5-12(15)17)9-4-3-8(13)7-10(9)14/h3-4,7,11,16H,2,5-6H2,1H3,(H2,15,17). The number of rotatable bonds is 6. The van der Waals surface area contributed by atoms with Crippen LogP contribution in [0.4, 0.5) is 0 Å². The van der Waals surface area contributed by atoms with Gasteiger partial charge in [0, 0.05) is 29.1 Å². The smallest absolute Gasteiger partial charge is 0.218 e. The third kappa shape index (κ3) is 4.54. The lowest BCUT2D eigenvalue weighted by molar-refractivity contribution is -0.117. The Labute approximate surface area is 111 Å². The molecule has 0 radical (unpaired) electrons. The number of benzene rings is 1. The number of hydrogen-bond acceptors (Lipinski definition) is 2. The van der Waals surface area contributed by atoms with E-state index >= 15 is 0 Å². The van der Waals surface area contributed by atoms with E-state index in [0.717, 1.165) is 12.0 Å². The van der Waals surface area contributed by atoms with Crippen molar-refractivity contribution in [2.45, 2.75) is 25.8 Å². The number of nitrogens with one attached hydrogen (secondary N) is 1. The fourth-order valence-electron chi connectivity index (χ4n) is 1.63. The maximum atomic E-state index is 10.7. The van der Waals surface area contributed by atoms with Crippen LogP contribution in [0.25, 0.3) is 0 Å². The molecule has 0 fully saturated rings. The van der Waals surface area contributed by atoms with Crippen molar-refractivity contribution < 1.29 is 4.79 Å². The van der Waals surface area contributed by atoms with Gasteiger partial charge in [-0.25, -0.2) is 0 Å². The maximum Gasteiger partial charge on any atom is 0.218 e. The lowest BCUT2D eigenvalue weighted by Crippen LogP contribution is -2.26. The molecule has 1 atom stereocenters. The molecule has 0 saturated carbocycles. The summed E-state index contributed by atoms with van der Waals surface area (Å²) in [7, 11) is 0. The second-order valence-electron chi connectivity index (χ2n) is 3.80. The molecule has 17 heavy (non-hydrogen) atoms. The summed E-state index contributed by atoms with van der Waals surface area (Å²) in [5.41, 5.74) is 6.08. The third-order valence-corrected chi connectivity index (χ3v) is 3.07. The minimum absolute atomic E-state index is 0.110. The lowest BCUT2D eigenvalue weighted by atomic mass is 10.0. The summed E-state index contributed by atoms with van der Waals surface area (Å²) in [6.07, 6.45) is 1.20. The van der Waals surface area contributed by atoms with Crippen molar-refractivity contribution in [3.05, 3.63) is 33.8 Å². The van der Waals surface area contributed by atoms with Crippen LogP contribution in [0.3, 0.4) is 0 Å². The Balaban J connectivity index is 2.69. The fraction of sp³-hybridized carbons (Fsp3) is 0.417. The second-order valence-corrected chi connectivity index (χ2v) is 4.64. The zero-order valence-electron chi connectivity index (χ0n) is 9.67. The summed E-state index contributed by atoms with van der Waals surface area (Å²) in [6, 6.07) is 5.54. The van der Waals surface area contributed by atoms with Gasteiger partial charge in [-0.15, -0.1) is 0 Å². The Morgan fingerprint density at radius 2 is 2.18 bits per heavy atom. The summed E-state index contributed by atoms with van der Waals surface area (Å²) in [5, 5.41) is 4.50. The van der Waals surface area contributed by atoms with Crippen LogP contribution >= 0.6 is 23.2 Å². The van der Waals surface area contributed by atoms with E-state index in [2.05, 4.69) is 5.32 Å². The van der Waals surface area contributed by atoms with Gasteiger partial charge in [-0.1, -0.05) is 36.2 Å². The molecule has 0 bridgehead atoms. The van der Waals surface area contributed by atoms with Crippen molar-refractivity contribution in [1.82, 2.24) is 5.32 Å². The van der Waals surface area contributed by atoms with Gasteiger partial charge in [-0.3, -0.25) is 4.79 Å². The molecule has 3 nitrogen and oxygen atoms in total. The molecule has 0 aliphatic heterocycles. The van der Waals surface area contributed by atoms with E-state index in [9.17, 15) is 4.79 Å². The molecule has 0 spiro atoms. The normalized spacial score (nSPS) is 12.4. The van der Waals surface area contributed by atoms with E-state index in [0.29, 0.717) is 23.0 Å². The number of carbonyl (C=O) groups is 1. The Morgan fingerprint density at radius 3 is 2.71 bits per heavy atom. The largest absolute Gasteiger partial charge is 0.370 e. The van der Waals surface area contributed by atoms with Gasteiger partial charge < -0.3 is 11.1 Å². The van der Waals surface area contributed by atoms with Crippen molar-refractivity contribution in [2.24, 2.45) is 5.73 Å².